The molecule has 1 fully saturated rings. The average Bonchev–Trinajstić information content (AvgIpc) is 2.88. The Morgan fingerprint density at radius 2 is 1.86 bits per heavy atom. The molecule has 3 atom stereocenters. The van der Waals surface area contributed by atoms with Crippen molar-refractivity contribution in [2.24, 2.45) is 5.92 Å². The first-order valence-corrected chi connectivity index (χ1v) is 13.6. The fourth-order valence-corrected chi connectivity index (χ4v) is 5.70. The summed E-state index contributed by atoms with van der Waals surface area (Å²) in [7, 11) is -2.38. The van der Waals surface area contributed by atoms with Crippen molar-refractivity contribution in [1.29, 1.82) is 0 Å². The molecule has 0 aliphatic carbocycles. The molecule has 0 bridgehead atoms. The maximum atomic E-state index is 13.5. The van der Waals surface area contributed by atoms with E-state index in [9.17, 15) is 18.3 Å². The fraction of sp³-hybridized carbons (Fsp3) is 0.500. The van der Waals surface area contributed by atoms with Crippen LogP contribution in [-0.2, 0) is 26.0 Å². The number of carbonyl (C=O) groups is 1. The van der Waals surface area contributed by atoms with Gasteiger partial charge in [0, 0.05) is 19.6 Å². The van der Waals surface area contributed by atoms with Gasteiger partial charge in [-0.25, -0.2) is 8.42 Å². The van der Waals surface area contributed by atoms with E-state index in [1.54, 1.807) is 12.1 Å². The molecule has 10 heteroatoms. The van der Waals surface area contributed by atoms with Gasteiger partial charge in [0.1, 0.15) is 11.8 Å². The predicted octanol–water partition coefficient (Wildman–Crippen LogP) is 1.42. The van der Waals surface area contributed by atoms with Crippen LogP contribution in [0.2, 0.25) is 0 Å². The molecule has 2 aromatic rings. The summed E-state index contributed by atoms with van der Waals surface area (Å²) in [4.78, 5) is 13.1. The summed E-state index contributed by atoms with van der Waals surface area (Å²) >= 11 is 0. The standard InChI is InChI=1S/C26H37N3O6S/c1-19(2)16-29(36(32,33)22-11-9-21(34-3)10-12-22)17-25(30)23(15-20-7-5-4-6-8-20)28-26(31)24-18-35-14-13-27-24/h4-12,19,23-25,27,30H,13-18H2,1-3H3,(H,28,31)/t23-,24-,25+/m0/s1. The van der Waals surface area contributed by atoms with E-state index < -0.39 is 28.2 Å². The molecule has 0 unspecified atom stereocenters. The number of aliphatic hydroxyl groups is 1. The van der Waals surface area contributed by atoms with E-state index in [0.717, 1.165) is 5.56 Å². The summed E-state index contributed by atoms with van der Waals surface area (Å²) in [6.07, 6.45) is -0.801. The first-order valence-electron chi connectivity index (χ1n) is 12.2. The Hall–Kier alpha value is -2.50. The first-order chi connectivity index (χ1) is 17.2. The van der Waals surface area contributed by atoms with Gasteiger partial charge in [-0.05, 0) is 42.2 Å². The van der Waals surface area contributed by atoms with Crippen molar-refractivity contribution in [2.75, 3.05) is 40.0 Å². The van der Waals surface area contributed by atoms with Gasteiger partial charge in [0.25, 0.3) is 0 Å². The lowest BCUT2D eigenvalue weighted by atomic mass is 10.0. The minimum atomic E-state index is -3.90. The SMILES string of the molecule is COc1ccc(S(=O)(=O)N(CC(C)C)C[C@@H](O)[C@H](Cc2ccccc2)NC(=O)[C@@H]2COCCN2)cc1. The number of benzene rings is 2. The van der Waals surface area contributed by atoms with E-state index in [-0.39, 0.29) is 36.4 Å². The molecule has 0 saturated carbocycles. The number of nitrogens with one attached hydrogen (secondary N) is 2. The van der Waals surface area contributed by atoms with E-state index in [1.165, 1.54) is 23.5 Å². The molecule has 1 heterocycles. The van der Waals surface area contributed by atoms with Crippen molar-refractivity contribution in [1.82, 2.24) is 14.9 Å². The second-order valence-electron chi connectivity index (χ2n) is 9.35. The summed E-state index contributed by atoms with van der Waals surface area (Å²) < 4.78 is 38.9. The Morgan fingerprint density at radius 1 is 1.17 bits per heavy atom. The van der Waals surface area contributed by atoms with E-state index in [0.29, 0.717) is 25.3 Å². The molecule has 0 radical (unpaired) electrons. The van der Waals surface area contributed by atoms with Gasteiger partial charge in [-0.2, -0.15) is 4.31 Å². The van der Waals surface area contributed by atoms with Gasteiger partial charge in [0.2, 0.25) is 15.9 Å². The number of aliphatic hydroxyl groups excluding tert-OH is 1. The van der Waals surface area contributed by atoms with E-state index in [4.69, 9.17) is 9.47 Å². The minimum absolute atomic E-state index is 0.0241. The molecule has 3 rings (SSSR count). The monoisotopic (exact) mass is 519 g/mol. The molecule has 3 N–H and O–H groups in total. The Kier molecular flexibility index (Phi) is 10.3. The third-order valence-electron chi connectivity index (χ3n) is 5.99. The maximum absolute atomic E-state index is 13.5. The predicted molar refractivity (Wildman–Crippen MR) is 137 cm³/mol. The maximum Gasteiger partial charge on any atom is 0.243 e. The Labute approximate surface area is 213 Å². The molecule has 1 saturated heterocycles. The number of nitrogens with zero attached hydrogens (tertiary/aromatic N) is 1. The van der Waals surface area contributed by atoms with E-state index in [1.807, 2.05) is 44.2 Å². The van der Waals surface area contributed by atoms with Crippen molar-refractivity contribution >= 4 is 15.9 Å². The van der Waals surface area contributed by atoms with Gasteiger partial charge in [0.15, 0.2) is 0 Å². The second kappa shape index (κ2) is 13.2. The number of rotatable bonds is 12. The summed E-state index contributed by atoms with van der Waals surface area (Å²) in [5, 5.41) is 17.3. The zero-order valence-corrected chi connectivity index (χ0v) is 21.9. The first kappa shape index (κ1) is 28.1. The highest BCUT2D eigenvalue weighted by Crippen LogP contribution is 2.21. The number of sulfonamides is 1. The summed E-state index contributed by atoms with van der Waals surface area (Å²) in [6, 6.07) is 14.4. The quantitative estimate of drug-likeness (QED) is 0.388. The summed E-state index contributed by atoms with van der Waals surface area (Å²) in [6.45, 7) is 5.22. The van der Waals surface area contributed by atoms with Crippen LogP contribution in [0.25, 0.3) is 0 Å². The Balaban J connectivity index is 1.83. The second-order valence-corrected chi connectivity index (χ2v) is 11.3. The van der Waals surface area contributed by atoms with Crippen LogP contribution >= 0.6 is 0 Å². The van der Waals surface area contributed by atoms with E-state index in [2.05, 4.69) is 10.6 Å². The highest BCUT2D eigenvalue weighted by Gasteiger charge is 2.32. The van der Waals surface area contributed by atoms with Gasteiger partial charge in [-0.15, -0.1) is 0 Å². The lowest BCUT2D eigenvalue weighted by Crippen LogP contribution is -2.57. The molecule has 0 aromatic heterocycles. The topological polar surface area (TPSA) is 117 Å². The van der Waals surface area contributed by atoms with Crippen LogP contribution in [0.4, 0.5) is 0 Å². The van der Waals surface area contributed by atoms with Gasteiger partial charge >= 0.3 is 0 Å². The summed E-state index contributed by atoms with van der Waals surface area (Å²) in [5.74, 6) is 0.286. The van der Waals surface area contributed by atoms with Crippen LogP contribution in [0, 0.1) is 5.92 Å². The lowest BCUT2D eigenvalue weighted by molar-refractivity contribution is -0.127. The number of morpholine rings is 1. The third-order valence-corrected chi connectivity index (χ3v) is 7.83. The van der Waals surface area contributed by atoms with Crippen molar-refractivity contribution in [3.63, 3.8) is 0 Å². The largest absolute Gasteiger partial charge is 0.497 e. The Bertz CT molecular complexity index is 1060. The molecular weight excluding hydrogens is 482 g/mol. The van der Waals surface area contributed by atoms with Gasteiger partial charge in [-0.1, -0.05) is 44.2 Å². The van der Waals surface area contributed by atoms with Crippen molar-refractivity contribution < 1.29 is 27.8 Å². The van der Waals surface area contributed by atoms with Crippen molar-refractivity contribution in [3.05, 3.63) is 60.2 Å². The smallest absolute Gasteiger partial charge is 0.243 e. The van der Waals surface area contributed by atoms with Crippen molar-refractivity contribution in [3.8, 4) is 5.75 Å². The number of amides is 1. The zero-order valence-electron chi connectivity index (χ0n) is 21.1. The zero-order chi connectivity index (χ0) is 26.1. The number of hydrogen-bond acceptors (Lipinski definition) is 7. The lowest BCUT2D eigenvalue weighted by Gasteiger charge is -2.32. The summed E-state index contributed by atoms with van der Waals surface area (Å²) in [5.41, 5.74) is 0.920. The highest BCUT2D eigenvalue weighted by molar-refractivity contribution is 7.89. The van der Waals surface area contributed by atoms with Crippen molar-refractivity contribution in [2.45, 2.75) is 43.4 Å². The number of methoxy groups -OCH3 is 1. The molecule has 1 amide bonds. The molecule has 36 heavy (non-hydrogen) atoms. The highest BCUT2D eigenvalue weighted by atomic mass is 32.2. The van der Waals surface area contributed by atoms with Crippen LogP contribution in [0.1, 0.15) is 19.4 Å². The van der Waals surface area contributed by atoms with Crippen LogP contribution < -0.4 is 15.4 Å². The van der Waals surface area contributed by atoms with Gasteiger partial charge in [-0.3, -0.25) is 4.79 Å². The Morgan fingerprint density at radius 3 is 2.44 bits per heavy atom. The number of carbonyl (C=O) groups excluding carboxylic acids is 1. The molecule has 2 aromatic carbocycles. The van der Waals surface area contributed by atoms with E-state index >= 15 is 0 Å². The average molecular weight is 520 g/mol. The number of ether oxygens (including phenoxy) is 2. The molecule has 1 aliphatic rings. The third kappa shape index (κ3) is 7.75. The van der Waals surface area contributed by atoms with Gasteiger partial charge in [0.05, 0.1) is 37.4 Å². The van der Waals surface area contributed by atoms with Crippen LogP contribution in [-0.4, -0.2) is 81.9 Å². The van der Waals surface area contributed by atoms with Crippen LogP contribution in [0.3, 0.4) is 0 Å². The molecular formula is C26H37N3O6S. The minimum Gasteiger partial charge on any atom is -0.497 e. The molecule has 198 valence electrons. The van der Waals surface area contributed by atoms with Gasteiger partial charge < -0.3 is 25.2 Å². The fourth-order valence-electron chi connectivity index (χ4n) is 4.08. The molecule has 1 aliphatic heterocycles. The molecule has 9 nitrogen and oxygen atoms in total. The van der Waals surface area contributed by atoms with Crippen LogP contribution in [0.5, 0.6) is 5.75 Å². The normalized spacial score (nSPS) is 18.1. The molecule has 0 spiro atoms. The van der Waals surface area contributed by atoms with Crippen LogP contribution in [0.15, 0.2) is 59.5 Å². The number of hydrogen-bond donors (Lipinski definition) is 3.